The molecule has 0 fully saturated rings. The lowest BCUT2D eigenvalue weighted by Crippen LogP contribution is -1.94. The molecule has 0 aliphatic rings. The summed E-state index contributed by atoms with van der Waals surface area (Å²) in [6, 6.07) is 3.81. The van der Waals surface area contributed by atoms with Crippen LogP contribution in [0.1, 0.15) is 5.56 Å². The van der Waals surface area contributed by atoms with Crippen molar-refractivity contribution in [3.63, 3.8) is 0 Å². The quantitative estimate of drug-likeness (QED) is 0.471. The van der Waals surface area contributed by atoms with Gasteiger partial charge in [-0.15, -0.1) is 0 Å². The number of benzene rings is 1. The molecule has 4 N–H and O–H groups in total. The van der Waals surface area contributed by atoms with Crippen molar-refractivity contribution in [3.05, 3.63) is 33.9 Å². The van der Waals surface area contributed by atoms with E-state index in [0.717, 1.165) is 0 Å². The predicted molar refractivity (Wildman–Crippen MR) is 60.8 cm³/mol. The minimum absolute atomic E-state index is 0. The summed E-state index contributed by atoms with van der Waals surface area (Å²) in [4.78, 5) is 27.7. The van der Waals surface area contributed by atoms with Gasteiger partial charge in [-0.05, 0) is 19.1 Å². The van der Waals surface area contributed by atoms with E-state index in [4.69, 9.17) is 9.79 Å². The van der Waals surface area contributed by atoms with Crippen molar-refractivity contribution >= 4 is 24.2 Å². The largest absolute Gasteiger partial charge is 0.424 e. The van der Waals surface area contributed by atoms with Gasteiger partial charge < -0.3 is 19.8 Å². The average molecular weight is 267 g/mol. The van der Waals surface area contributed by atoms with Gasteiger partial charge in [0.25, 0.3) is 5.69 Å². The van der Waals surface area contributed by atoms with Gasteiger partial charge in [0, 0.05) is 23.4 Å². The highest BCUT2D eigenvalue weighted by molar-refractivity contribution is 8.06. The molecule has 0 saturated carbocycles. The van der Waals surface area contributed by atoms with Gasteiger partial charge in [-0.3, -0.25) is 10.1 Å². The van der Waals surface area contributed by atoms with Gasteiger partial charge in [0.05, 0.1) is 4.92 Å². The molecule has 0 bridgehead atoms. The van der Waals surface area contributed by atoms with Crippen LogP contribution >= 0.6 is 6.72 Å². The van der Waals surface area contributed by atoms with Gasteiger partial charge in [-0.25, -0.2) is 0 Å². The standard InChI is InChI=1S/C7H8NO5PS.H2O/c1-5-4-6(13-14(11,12)15)2-3-7(5)8(9)10;/h2-4H,1H3,(H2,11,12,15);1H2. The maximum atomic E-state index is 10.5. The zero-order valence-corrected chi connectivity index (χ0v) is 9.86. The molecule has 0 aromatic heterocycles. The Hall–Kier alpha value is -1.05. The molecule has 0 unspecified atom stereocenters. The molecule has 7 nitrogen and oxygen atoms in total. The second kappa shape index (κ2) is 5.33. The summed E-state index contributed by atoms with van der Waals surface area (Å²) in [5, 5.41) is 10.5. The molecular weight excluding hydrogens is 257 g/mol. The van der Waals surface area contributed by atoms with Crippen molar-refractivity contribution in [2.45, 2.75) is 6.92 Å². The third-order valence-corrected chi connectivity index (χ3v) is 2.26. The maximum absolute atomic E-state index is 10.5. The van der Waals surface area contributed by atoms with Crippen molar-refractivity contribution < 1.29 is 24.7 Å². The fraction of sp³-hybridized carbons (Fsp3) is 0.143. The molecule has 0 heterocycles. The van der Waals surface area contributed by atoms with Gasteiger partial charge in [-0.2, -0.15) is 0 Å². The normalized spacial score (nSPS) is 10.4. The number of rotatable bonds is 3. The monoisotopic (exact) mass is 267 g/mol. The lowest BCUT2D eigenvalue weighted by atomic mass is 10.2. The molecular formula is C7H10NO6PS. The minimum Gasteiger partial charge on any atom is -0.424 e. The fourth-order valence-electron chi connectivity index (χ4n) is 1.03. The molecule has 9 heteroatoms. The summed E-state index contributed by atoms with van der Waals surface area (Å²) >= 11 is 4.26. The van der Waals surface area contributed by atoms with E-state index in [1.54, 1.807) is 0 Å². The van der Waals surface area contributed by atoms with E-state index in [-0.39, 0.29) is 16.9 Å². The van der Waals surface area contributed by atoms with Gasteiger partial charge in [-0.1, -0.05) is 0 Å². The van der Waals surface area contributed by atoms with Crippen LogP contribution in [0.5, 0.6) is 5.75 Å². The zero-order chi connectivity index (χ0) is 11.6. The Morgan fingerprint density at radius 3 is 2.44 bits per heavy atom. The molecule has 0 saturated heterocycles. The van der Waals surface area contributed by atoms with Gasteiger partial charge in [0.2, 0.25) is 0 Å². The van der Waals surface area contributed by atoms with E-state index >= 15 is 0 Å². The Balaban J connectivity index is 0.00000225. The molecule has 90 valence electrons. The molecule has 0 radical (unpaired) electrons. The van der Waals surface area contributed by atoms with Gasteiger partial charge >= 0.3 is 6.72 Å². The SMILES string of the molecule is Cc1cc(OP(O)(O)=S)ccc1[N+](=O)[O-].O. The average Bonchev–Trinajstić information content (AvgIpc) is 1.99. The summed E-state index contributed by atoms with van der Waals surface area (Å²) in [6.07, 6.45) is 0. The highest BCUT2D eigenvalue weighted by Crippen LogP contribution is 2.38. The van der Waals surface area contributed by atoms with E-state index < -0.39 is 11.6 Å². The molecule has 0 atom stereocenters. The van der Waals surface area contributed by atoms with Crippen LogP contribution in [0.4, 0.5) is 5.69 Å². The van der Waals surface area contributed by atoms with Crippen LogP contribution < -0.4 is 4.52 Å². The first-order valence-corrected chi connectivity index (χ1v) is 6.42. The number of aryl methyl sites for hydroxylation is 1. The molecule has 16 heavy (non-hydrogen) atoms. The first-order valence-electron chi connectivity index (χ1n) is 3.80. The summed E-state index contributed by atoms with van der Waals surface area (Å²) in [5.74, 6) is 0.103. The minimum atomic E-state index is -3.78. The van der Waals surface area contributed by atoms with Crippen molar-refractivity contribution in [3.8, 4) is 5.75 Å². The molecule has 0 aliphatic carbocycles. The van der Waals surface area contributed by atoms with E-state index in [0.29, 0.717) is 5.56 Å². The maximum Gasteiger partial charge on any atom is 0.375 e. The van der Waals surface area contributed by atoms with Gasteiger partial charge in [0.15, 0.2) is 0 Å². The smallest absolute Gasteiger partial charge is 0.375 e. The van der Waals surface area contributed by atoms with Crippen molar-refractivity contribution in [1.29, 1.82) is 0 Å². The molecule has 1 aromatic rings. The fourth-order valence-corrected chi connectivity index (χ4v) is 1.67. The molecule has 0 amide bonds. The third-order valence-electron chi connectivity index (χ3n) is 1.59. The molecule has 0 spiro atoms. The number of hydrogen-bond acceptors (Lipinski definition) is 4. The highest BCUT2D eigenvalue weighted by Gasteiger charge is 2.14. The van der Waals surface area contributed by atoms with E-state index in [1.807, 2.05) is 0 Å². The third kappa shape index (κ3) is 4.21. The van der Waals surface area contributed by atoms with Crippen LogP contribution in [0.2, 0.25) is 0 Å². The highest BCUT2D eigenvalue weighted by atomic mass is 32.5. The zero-order valence-electron chi connectivity index (χ0n) is 8.15. The number of nitrogens with zero attached hydrogens (tertiary/aromatic N) is 1. The van der Waals surface area contributed by atoms with Crippen LogP contribution in [-0.2, 0) is 11.8 Å². The van der Waals surface area contributed by atoms with E-state index in [1.165, 1.54) is 25.1 Å². The summed E-state index contributed by atoms with van der Waals surface area (Å²) in [5.41, 5.74) is 0.299. The first-order chi connectivity index (χ1) is 6.79. The van der Waals surface area contributed by atoms with Crippen LogP contribution in [0.3, 0.4) is 0 Å². The lowest BCUT2D eigenvalue weighted by Gasteiger charge is -2.09. The second-order valence-electron chi connectivity index (χ2n) is 2.79. The summed E-state index contributed by atoms with van der Waals surface area (Å²) in [6.45, 7) is -2.27. The number of nitro benzene ring substituents is 1. The lowest BCUT2D eigenvalue weighted by molar-refractivity contribution is -0.385. The van der Waals surface area contributed by atoms with Crippen LogP contribution in [0.25, 0.3) is 0 Å². The van der Waals surface area contributed by atoms with Crippen LogP contribution in [0.15, 0.2) is 18.2 Å². The van der Waals surface area contributed by atoms with Crippen LogP contribution in [0, 0.1) is 17.0 Å². The van der Waals surface area contributed by atoms with E-state index in [9.17, 15) is 10.1 Å². The summed E-state index contributed by atoms with van der Waals surface area (Å²) in [7, 11) is 0. The Morgan fingerprint density at radius 2 is 2.06 bits per heavy atom. The van der Waals surface area contributed by atoms with Crippen molar-refractivity contribution in [2.24, 2.45) is 0 Å². The summed E-state index contributed by atoms with van der Waals surface area (Å²) < 4.78 is 4.63. The first kappa shape index (κ1) is 14.9. The van der Waals surface area contributed by atoms with Crippen molar-refractivity contribution in [1.82, 2.24) is 0 Å². The predicted octanol–water partition coefficient (Wildman–Crippen LogP) is 0.666. The molecule has 1 rings (SSSR count). The number of hydrogen-bond donors (Lipinski definition) is 2. The Kier molecular flexibility index (Phi) is 4.98. The van der Waals surface area contributed by atoms with Gasteiger partial charge in [0.1, 0.15) is 5.75 Å². The number of nitro groups is 1. The molecule has 1 aromatic carbocycles. The second-order valence-corrected chi connectivity index (χ2v) is 5.38. The topological polar surface area (TPSA) is 124 Å². The van der Waals surface area contributed by atoms with Crippen LogP contribution in [-0.4, -0.2) is 20.2 Å². The van der Waals surface area contributed by atoms with Crippen molar-refractivity contribution in [2.75, 3.05) is 0 Å². The Morgan fingerprint density at radius 1 is 1.50 bits per heavy atom. The van der Waals surface area contributed by atoms with E-state index in [2.05, 4.69) is 16.3 Å². The molecule has 0 aliphatic heterocycles. The Bertz CT molecular complexity index is 445. The Labute approximate surface area is 96.0 Å².